The van der Waals surface area contributed by atoms with Crippen molar-refractivity contribution in [3.63, 3.8) is 0 Å². The number of aromatic nitrogens is 5. The molecule has 1 saturated heterocycles. The van der Waals surface area contributed by atoms with Crippen LogP contribution >= 0.6 is 0 Å². The Morgan fingerprint density at radius 3 is 2.74 bits per heavy atom. The average Bonchev–Trinajstić information content (AvgIpc) is 3.34. The predicted octanol–water partition coefficient (Wildman–Crippen LogP) is 1.65. The molecule has 0 amide bonds. The molecule has 2 aromatic heterocycles. The second-order valence-electron chi connectivity index (χ2n) is 9.79. The number of hydrogen-bond acceptors (Lipinski definition) is 5. The second kappa shape index (κ2) is 8.51. The van der Waals surface area contributed by atoms with Crippen LogP contribution in [0.5, 0.6) is 0 Å². The lowest BCUT2D eigenvalue weighted by Crippen LogP contribution is -3.10. The second-order valence-corrected chi connectivity index (χ2v) is 9.79. The zero-order valence-corrected chi connectivity index (χ0v) is 19.2. The van der Waals surface area contributed by atoms with Gasteiger partial charge in [0.05, 0.1) is 11.1 Å². The van der Waals surface area contributed by atoms with Gasteiger partial charge in [-0.15, -0.1) is 5.10 Å². The standard InChI is InChI=1S/C23H32N6O2/c1-15-9-16(2)19-11-17(22(30)24-20(19)10-15)12-28(13-18-7-6-8-31-18)14-21-25-26-27-29(21)23(3,4)5/h9-11,18H,6-8,12-14H2,1-5H3,(H,24,30)/p+1/t18-/m0/s1. The van der Waals surface area contributed by atoms with Gasteiger partial charge in [-0.2, -0.15) is 0 Å². The summed E-state index contributed by atoms with van der Waals surface area (Å²) in [6.45, 7) is 13.3. The van der Waals surface area contributed by atoms with Gasteiger partial charge in [0.1, 0.15) is 25.7 Å². The van der Waals surface area contributed by atoms with Gasteiger partial charge in [0.2, 0.25) is 5.82 Å². The third-order valence-electron chi connectivity index (χ3n) is 5.95. The highest BCUT2D eigenvalue weighted by Gasteiger charge is 2.27. The number of aromatic amines is 1. The number of tetrazole rings is 1. The fourth-order valence-electron chi connectivity index (χ4n) is 4.51. The molecule has 4 rings (SSSR count). The summed E-state index contributed by atoms with van der Waals surface area (Å²) in [6.07, 6.45) is 2.35. The smallest absolute Gasteiger partial charge is 0.257 e. The summed E-state index contributed by atoms with van der Waals surface area (Å²) < 4.78 is 7.78. The number of rotatable bonds is 6. The number of nitrogens with one attached hydrogen (secondary N) is 2. The molecule has 0 aliphatic carbocycles. The minimum absolute atomic E-state index is 0.0299. The van der Waals surface area contributed by atoms with Crippen LogP contribution in [0.1, 0.15) is 56.1 Å². The van der Waals surface area contributed by atoms with Gasteiger partial charge in [0, 0.05) is 17.5 Å². The third-order valence-corrected chi connectivity index (χ3v) is 5.95. The lowest BCUT2D eigenvalue weighted by atomic mass is 10.0. The highest BCUT2D eigenvalue weighted by molar-refractivity contribution is 5.83. The Morgan fingerprint density at radius 1 is 1.23 bits per heavy atom. The number of benzene rings is 1. The van der Waals surface area contributed by atoms with Gasteiger partial charge in [-0.3, -0.25) is 4.79 Å². The molecule has 1 fully saturated rings. The van der Waals surface area contributed by atoms with E-state index in [2.05, 4.69) is 54.3 Å². The van der Waals surface area contributed by atoms with Gasteiger partial charge in [0.25, 0.3) is 5.56 Å². The van der Waals surface area contributed by atoms with Crippen molar-refractivity contribution in [3.8, 4) is 0 Å². The van der Waals surface area contributed by atoms with Crippen LogP contribution in [0.25, 0.3) is 10.9 Å². The molecule has 8 heteroatoms. The molecule has 3 heterocycles. The average molecular weight is 426 g/mol. The van der Waals surface area contributed by atoms with Gasteiger partial charge in [0.15, 0.2) is 0 Å². The quantitative estimate of drug-likeness (QED) is 0.627. The summed E-state index contributed by atoms with van der Waals surface area (Å²) in [6, 6.07) is 6.23. The van der Waals surface area contributed by atoms with Crippen molar-refractivity contribution in [1.82, 2.24) is 25.2 Å². The summed E-state index contributed by atoms with van der Waals surface area (Å²) >= 11 is 0. The Balaban J connectivity index is 1.65. The first-order valence-corrected chi connectivity index (χ1v) is 11.1. The van der Waals surface area contributed by atoms with E-state index in [9.17, 15) is 4.79 Å². The number of quaternary nitrogens is 1. The minimum atomic E-state index is -0.205. The third kappa shape index (κ3) is 4.85. The summed E-state index contributed by atoms with van der Waals surface area (Å²) in [5.41, 5.74) is 3.75. The molecular weight excluding hydrogens is 392 g/mol. The number of fused-ring (bicyclic) bond motifs is 1. The molecule has 1 unspecified atom stereocenters. The Labute approximate surface area is 182 Å². The van der Waals surface area contributed by atoms with Crippen LogP contribution in [-0.4, -0.2) is 44.4 Å². The van der Waals surface area contributed by atoms with Crippen LogP contribution in [0, 0.1) is 13.8 Å². The van der Waals surface area contributed by atoms with E-state index >= 15 is 0 Å². The first kappa shape index (κ1) is 21.6. The maximum absolute atomic E-state index is 12.9. The molecule has 0 radical (unpaired) electrons. The van der Waals surface area contributed by atoms with E-state index in [-0.39, 0.29) is 17.2 Å². The van der Waals surface area contributed by atoms with Crippen molar-refractivity contribution in [2.75, 3.05) is 13.2 Å². The molecule has 31 heavy (non-hydrogen) atoms. The molecule has 1 aromatic carbocycles. The molecule has 2 N–H and O–H groups in total. The fraction of sp³-hybridized carbons (Fsp3) is 0.565. The van der Waals surface area contributed by atoms with E-state index in [1.165, 1.54) is 10.5 Å². The Bertz CT molecular complexity index is 1120. The van der Waals surface area contributed by atoms with Crippen LogP contribution < -0.4 is 10.5 Å². The maximum Gasteiger partial charge on any atom is 0.257 e. The zero-order chi connectivity index (χ0) is 22.2. The lowest BCUT2D eigenvalue weighted by molar-refractivity contribution is -0.931. The number of hydrogen-bond donors (Lipinski definition) is 2. The van der Waals surface area contributed by atoms with E-state index in [1.807, 2.05) is 23.7 Å². The molecular formula is C23H33N6O2+. The summed E-state index contributed by atoms with van der Waals surface area (Å²) in [5.74, 6) is 0.824. The van der Waals surface area contributed by atoms with Crippen LogP contribution in [0.3, 0.4) is 0 Å². The number of aryl methyl sites for hydroxylation is 2. The normalized spacial score (nSPS) is 18.0. The van der Waals surface area contributed by atoms with E-state index in [0.717, 1.165) is 53.8 Å². The maximum atomic E-state index is 12.9. The molecule has 8 nitrogen and oxygen atoms in total. The Morgan fingerprint density at radius 2 is 2.03 bits per heavy atom. The molecule has 3 aromatic rings. The van der Waals surface area contributed by atoms with Crippen molar-refractivity contribution in [3.05, 3.63) is 51.1 Å². The number of ether oxygens (including phenoxy) is 1. The van der Waals surface area contributed by atoms with Crippen LogP contribution in [-0.2, 0) is 23.4 Å². The van der Waals surface area contributed by atoms with Gasteiger partial charge in [-0.1, -0.05) is 6.07 Å². The molecule has 1 aliphatic rings. The summed E-state index contributed by atoms with van der Waals surface area (Å²) in [5, 5.41) is 13.5. The van der Waals surface area contributed by atoms with Gasteiger partial charge < -0.3 is 14.6 Å². The van der Waals surface area contributed by atoms with E-state index < -0.39 is 0 Å². The first-order chi connectivity index (χ1) is 14.7. The van der Waals surface area contributed by atoms with Crippen molar-refractivity contribution >= 4 is 10.9 Å². The molecule has 0 saturated carbocycles. The highest BCUT2D eigenvalue weighted by Crippen LogP contribution is 2.18. The summed E-state index contributed by atoms with van der Waals surface area (Å²) in [4.78, 5) is 17.2. The van der Waals surface area contributed by atoms with Gasteiger partial charge >= 0.3 is 0 Å². The van der Waals surface area contributed by atoms with E-state index in [0.29, 0.717) is 13.1 Å². The van der Waals surface area contributed by atoms with Gasteiger partial charge in [-0.05, 0) is 81.1 Å². The SMILES string of the molecule is Cc1cc(C)c2cc(C[NH+](Cc3nnnn3C(C)(C)C)C[C@@H]3CCCO3)c(=O)[nH]c2c1. The van der Waals surface area contributed by atoms with Crippen molar-refractivity contribution in [2.45, 2.75) is 72.2 Å². The predicted molar refractivity (Wildman–Crippen MR) is 119 cm³/mol. The van der Waals surface area contributed by atoms with Crippen LogP contribution in [0.4, 0.5) is 0 Å². The van der Waals surface area contributed by atoms with E-state index in [4.69, 9.17) is 4.74 Å². The fourth-order valence-corrected chi connectivity index (χ4v) is 4.51. The highest BCUT2D eigenvalue weighted by atomic mass is 16.5. The van der Waals surface area contributed by atoms with Crippen molar-refractivity contribution in [2.24, 2.45) is 0 Å². The summed E-state index contributed by atoms with van der Waals surface area (Å²) in [7, 11) is 0. The molecule has 2 atom stereocenters. The number of nitrogens with zero attached hydrogens (tertiary/aromatic N) is 4. The monoisotopic (exact) mass is 425 g/mol. The van der Waals surface area contributed by atoms with Crippen molar-refractivity contribution in [1.29, 1.82) is 0 Å². The van der Waals surface area contributed by atoms with Crippen molar-refractivity contribution < 1.29 is 9.64 Å². The number of pyridine rings is 1. The molecule has 166 valence electrons. The Kier molecular flexibility index (Phi) is 5.94. The zero-order valence-electron chi connectivity index (χ0n) is 19.2. The molecule has 1 aliphatic heterocycles. The largest absolute Gasteiger partial charge is 0.372 e. The topological polar surface area (TPSA) is 90.1 Å². The van der Waals surface area contributed by atoms with Gasteiger partial charge in [-0.25, -0.2) is 4.68 Å². The first-order valence-electron chi connectivity index (χ1n) is 11.1. The number of H-pyrrole nitrogens is 1. The minimum Gasteiger partial charge on any atom is -0.372 e. The van der Waals surface area contributed by atoms with Crippen LogP contribution in [0.15, 0.2) is 23.0 Å². The van der Waals surface area contributed by atoms with Crippen LogP contribution in [0.2, 0.25) is 0 Å². The lowest BCUT2D eigenvalue weighted by Gasteiger charge is -2.24. The molecule has 0 bridgehead atoms. The van der Waals surface area contributed by atoms with E-state index in [1.54, 1.807) is 0 Å². The molecule has 0 spiro atoms. The Hall–Kier alpha value is -2.58.